The average molecular weight is 313 g/mol. The average Bonchev–Trinajstić information content (AvgIpc) is 2.82. The number of rotatable bonds is 4. The Morgan fingerprint density at radius 1 is 1.30 bits per heavy atom. The molecule has 0 unspecified atom stereocenters. The van der Waals surface area contributed by atoms with E-state index in [0.29, 0.717) is 0 Å². The van der Waals surface area contributed by atoms with Gasteiger partial charge in [-0.15, -0.1) is 0 Å². The molecular formula is C18H20FN3O. The molecule has 4 nitrogen and oxygen atoms in total. The molecule has 1 saturated heterocycles. The lowest BCUT2D eigenvalue weighted by molar-refractivity contribution is -0.119. The van der Waals surface area contributed by atoms with E-state index in [1.54, 1.807) is 6.20 Å². The van der Waals surface area contributed by atoms with Gasteiger partial charge in [-0.2, -0.15) is 0 Å². The highest BCUT2D eigenvalue weighted by Crippen LogP contribution is 2.27. The molecule has 5 heteroatoms. The van der Waals surface area contributed by atoms with Gasteiger partial charge in [0.05, 0.1) is 12.2 Å². The molecule has 120 valence electrons. The number of carbonyl (C=O) groups excluding carboxylic acids is 1. The van der Waals surface area contributed by atoms with Crippen molar-refractivity contribution in [1.29, 1.82) is 0 Å². The molecule has 1 fully saturated rings. The van der Waals surface area contributed by atoms with Crippen molar-refractivity contribution in [3.8, 4) is 0 Å². The van der Waals surface area contributed by atoms with Crippen LogP contribution in [0.3, 0.4) is 0 Å². The molecule has 1 N–H and O–H groups in total. The lowest BCUT2D eigenvalue weighted by atomic mass is 10.1. The summed E-state index contributed by atoms with van der Waals surface area (Å²) in [5.41, 5.74) is 1.65. The lowest BCUT2D eigenvalue weighted by Gasteiger charge is -2.22. The minimum Gasteiger partial charge on any atom is -0.308 e. The Hall–Kier alpha value is -2.27. The van der Waals surface area contributed by atoms with Crippen LogP contribution in [0.4, 0.5) is 10.1 Å². The Labute approximate surface area is 135 Å². The van der Waals surface area contributed by atoms with Gasteiger partial charge in [0.2, 0.25) is 5.91 Å². The van der Waals surface area contributed by atoms with Crippen LogP contribution in [-0.2, 0) is 4.79 Å². The number of amides is 1. The van der Waals surface area contributed by atoms with Crippen molar-refractivity contribution in [1.82, 2.24) is 10.3 Å². The summed E-state index contributed by atoms with van der Waals surface area (Å²) in [4.78, 5) is 18.4. The number of para-hydroxylation sites is 1. The van der Waals surface area contributed by atoms with Gasteiger partial charge in [-0.1, -0.05) is 18.2 Å². The molecule has 0 spiro atoms. The molecule has 0 aliphatic carbocycles. The predicted molar refractivity (Wildman–Crippen MR) is 87.5 cm³/mol. The molecule has 23 heavy (non-hydrogen) atoms. The van der Waals surface area contributed by atoms with Gasteiger partial charge in [-0.25, -0.2) is 4.39 Å². The van der Waals surface area contributed by atoms with Crippen LogP contribution in [0.2, 0.25) is 0 Å². The molecule has 1 aliphatic heterocycles. The Bertz CT molecular complexity index is 692. The number of anilines is 1. The number of nitrogens with zero attached hydrogens (tertiary/aromatic N) is 2. The quantitative estimate of drug-likeness (QED) is 0.943. The third kappa shape index (κ3) is 3.24. The smallest absolute Gasteiger partial charge is 0.244 e. The second kappa shape index (κ2) is 6.46. The number of hydrogen-bond acceptors (Lipinski definition) is 3. The number of pyridine rings is 1. The van der Waals surface area contributed by atoms with Crippen molar-refractivity contribution in [3.05, 3.63) is 60.2 Å². The van der Waals surface area contributed by atoms with Gasteiger partial charge in [0.25, 0.3) is 0 Å². The van der Waals surface area contributed by atoms with E-state index >= 15 is 0 Å². The third-order valence-corrected chi connectivity index (χ3v) is 4.26. The summed E-state index contributed by atoms with van der Waals surface area (Å²) in [5, 5.41) is 3.30. The minimum atomic E-state index is -0.367. The zero-order valence-electron chi connectivity index (χ0n) is 13.2. The van der Waals surface area contributed by atoms with Crippen LogP contribution < -0.4 is 10.2 Å². The van der Waals surface area contributed by atoms with E-state index < -0.39 is 0 Å². The highest BCUT2D eigenvalue weighted by Gasteiger charge is 2.38. The molecule has 0 radical (unpaired) electrons. The summed E-state index contributed by atoms with van der Waals surface area (Å²) in [6, 6.07) is 10.8. The zero-order valence-corrected chi connectivity index (χ0v) is 13.2. The monoisotopic (exact) mass is 313 g/mol. The van der Waals surface area contributed by atoms with Crippen LogP contribution in [0.25, 0.3) is 0 Å². The summed E-state index contributed by atoms with van der Waals surface area (Å²) >= 11 is 0. The van der Waals surface area contributed by atoms with E-state index in [2.05, 4.69) is 10.3 Å². The highest BCUT2D eigenvalue weighted by atomic mass is 19.1. The van der Waals surface area contributed by atoms with Gasteiger partial charge in [0.1, 0.15) is 5.82 Å². The lowest BCUT2D eigenvalue weighted by Crippen LogP contribution is -2.40. The van der Waals surface area contributed by atoms with Crippen molar-refractivity contribution >= 4 is 11.6 Å². The molecular weight excluding hydrogens is 293 g/mol. The second-order valence-electron chi connectivity index (χ2n) is 6.01. The number of halogens is 1. The van der Waals surface area contributed by atoms with Gasteiger partial charge in [-0.05, 0) is 44.0 Å². The number of benzene rings is 1. The summed E-state index contributed by atoms with van der Waals surface area (Å²) in [6.45, 7) is 3.96. The first-order chi connectivity index (χ1) is 11.1. The molecule has 3 rings (SSSR count). The first-order valence-corrected chi connectivity index (χ1v) is 7.81. The van der Waals surface area contributed by atoms with E-state index in [9.17, 15) is 9.18 Å². The van der Waals surface area contributed by atoms with E-state index in [1.165, 1.54) is 12.3 Å². The van der Waals surface area contributed by atoms with Crippen LogP contribution in [0.15, 0.2) is 48.8 Å². The third-order valence-electron chi connectivity index (χ3n) is 4.26. The number of aromatic nitrogens is 1. The van der Waals surface area contributed by atoms with Crippen molar-refractivity contribution in [2.24, 2.45) is 0 Å². The van der Waals surface area contributed by atoms with Crippen LogP contribution in [-0.4, -0.2) is 23.0 Å². The predicted octanol–water partition coefficient (Wildman–Crippen LogP) is 3.07. The maximum atomic E-state index is 13.3. The van der Waals surface area contributed by atoms with E-state index in [4.69, 9.17) is 0 Å². The van der Waals surface area contributed by atoms with Crippen LogP contribution in [0, 0.1) is 5.82 Å². The molecule has 2 aromatic rings. The Balaban J connectivity index is 1.74. The van der Waals surface area contributed by atoms with Gasteiger partial charge >= 0.3 is 0 Å². The Kier molecular flexibility index (Phi) is 4.39. The van der Waals surface area contributed by atoms with Gasteiger partial charge < -0.3 is 4.90 Å². The fraction of sp³-hybridized carbons (Fsp3) is 0.333. The number of hydrogen-bond donors (Lipinski definition) is 1. The van der Waals surface area contributed by atoms with Crippen LogP contribution in [0.1, 0.15) is 31.9 Å². The molecule has 3 atom stereocenters. The van der Waals surface area contributed by atoms with Crippen molar-refractivity contribution < 1.29 is 9.18 Å². The molecule has 1 aliphatic rings. The zero-order chi connectivity index (χ0) is 16.4. The van der Waals surface area contributed by atoms with E-state index in [1.807, 2.05) is 49.1 Å². The maximum absolute atomic E-state index is 13.3. The van der Waals surface area contributed by atoms with Crippen LogP contribution in [0.5, 0.6) is 0 Å². The maximum Gasteiger partial charge on any atom is 0.244 e. The number of nitrogens with one attached hydrogen (secondary N) is 1. The standard InChI is InChI=1S/C18H20FN3O/c1-12-8-17(18(23)22(12)16-6-4-3-5-7-16)21-13(2)14-9-15(19)11-20-10-14/h3-7,9-13,17,21H,8H2,1-2H3/t12-,13+,17-/m1/s1. The van der Waals surface area contributed by atoms with Gasteiger partial charge in [-0.3, -0.25) is 15.1 Å². The van der Waals surface area contributed by atoms with Crippen molar-refractivity contribution in [2.75, 3.05) is 4.90 Å². The molecule has 2 heterocycles. The Morgan fingerprint density at radius 3 is 2.74 bits per heavy atom. The molecule has 1 aromatic carbocycles. The number of carbonyl (C=O) groups is 1. The van der Waals surface area contributed by atoms with Crippen molar-refractivity contribution in [3.63, 3.8) is 0 Å². The summed E-state index contributed by atoms with van der Waals surface area (Å²) in [5.74, 6) is -0.312. The molecule has 1 amide bonds. The van der Waals surface area contributed by atoms with E-state index in [0.717, 1.165) is 17.7 Å². The SMILES string of the molecule is C[C@H](N[C@@H]1C[C@@H](C)N(c2ccccc2)C1=O)c1cncc(F)c1. The van der Waals surface area contributed by atoms with Gasteiger partial charge in [0.15, 0.2) is 0 Å². The van der Waals surface area contributed by atoms with E-state index in [-0.39, 0.29) is 29.8 Å². The second-order valence-corrected chi connectivity index (χ2v) is 6.01. The summed E-state index contributed by atoms with van der Waals surface area (Å²) < 4.78 is 13.3. The largest absolute Gasteiger partial charge is 0.308 e. The summed E-state index contributed by atoms with van der Waals surface area (Å²) in [7, 11) is 0. The first-order valence-electron chi connectivity index (χ1n) is 7.81. The fourth-order valence-electron chi connectivity index (χ4n) is 3.11. The van der Waals surface area contributed by atoms with Crippen molar-refractivity contribution in [2.45, 2.75) is 38.4 Å². The van der Waals surface area contributed by atoms with Crippen LogP contribution >= 0.6 is 0 Å². The normalized spacial score (nSPS) is 22.4. The molecule has 0 saturated carbocycles. The molecule has 1 aromatic heterocycles. The molecule has 0 bridgehead atoms. The Morgan fingerprint density at radius 2 is 2.04 bits per heavy atom. The first kappa shape index (κ1) is 15.6. The topological polar surface area (TPSA) is 45.2 Å². The van der Waals surface area contributed by atoms with Gasteiger partial charge in [0, 0.05) is 24.0 Å². The summed E-state index contributed by atoms with van der Waals surface area (Å²) in [6.07, 6.45) is 3.52. The minimum absolute atomic E-state index is 0.0555. The fourth-order valence-corrected chi connectivity index (χ4v) is 3.11. The highest BCUT2D eigenvalue weighted by molar-refractivity contribution is 6.00.